The molecule has 1 heterocycles. The van der Waals surface area contributed by atoms with Gasteiger partial charge in [0.15, 0.2) is 0 Å². The van der Waals surface area contributed by atoms with Crippen LogP contribution in [0.1, 0.15) is 11.1 Å². The van der Waals surface area contributed by atoms with E-state index in [1.807, 2.05) is 48.5 Å². The zero-order valence-electron chi connectivity index (χ0n) is 11.6. The van der Waals surface area contributed by atoms with Crippen molar-refractivity contribution in [3.8, 4) is 5.75 Å². The van der Waals surface area contributed by atoms with E-state index in [2.05, 4.69) is 31.2 Å². The first-order valence-corrected chi connectivity index (χ1v) is 7.45. The van der Waals surface area contributed by atoms with Crippen LogP contribution in [0.4, 0.5) is 0 Å². The Morgan fingerprint density at radius 1 is 1.00 bits per heavy atom. The highest BCUT2D eigenvalue weighted by atomic mass is 79.9. The van der Waals surface area contributed by atoms with Gasteiger partial charge in [-0.3, -0.25) is 0 Å². The first-order chi connectivity index (χ1) is 10.8. The summed E-state index contributed by atoms with van der Waals surface area (Å²) in [5, 5.41) is 11.6. The van der Waals surface area contributed by atoms with E-state index in [-0.39, 0.29) is 0 Å². The predicted octanol–water partition coefficient (Wildman–Crippen LogP) is 3.50. The van der Waals surface area contributed by atoms with Gasteiger partial charge in [0.05, 0.1) is 6.21 Å². The summed E-state index contributed by atoms with van der Waals surface area (Å²) in [6.07, 6.45) is 4.81. The number of rotatable bonds is 5. The molecule has 0 unspecified atom stereocenters. The highest BCUT2D eigenvalue weighted by molar-refractivity contribution is 9.10. The molecule has 0 aliphatic rings. The van der Waals surface area contributed by atoms with Crippen molar-refractivity contribution in [2.45, 2.75) is 6.61 Å². The molecule has 0 spiro atoms. The Kier molecular flexibility index (Phi) is 4.60. The number of hydrogen-bond donors (Lipinski definition) is 0. The summed E-state index contributed by atoms with van der Waals surface area (Å²) in [6.45, 7) is 0.543. The fourth-order valence-corrected chi connectivity index (χ4v) is 2.05. The van der Waals surface area contributed by atoms with Crippen molar-refractivity contribution in [1.82, 2.24) is 14.9 Å². The Balaban J connectivity index is 1.58. The van der Waals surface area contributed by atoms with Crippen molar-refractivity contribution in [2.75, 3.05) is 0 Å². The smallest absolute Gasteiger partial charge is 0.141 e. The van der Waals surface area contributed by atoms with Gasteiger partial charge in [-0.15, -0.1) is 10.2 Å². The molecule has 6 heteroatoms. The Bertz CT molecular complexity index is 737. The van der Waals surface area contributed by atoms with E-state index in [1.165, 1.54) is 17.3 Å². The molecule has 0 radical (unpaired) electrons. The molecule has 0 saturated carbocycles. The maximum Gasteiger partial charge on any atom is 0.141 e. The van der Waals surface area contributed by atoms with Gasteiger partial charge in [-0.05, 0) is 47.5 Å². The lowest BCUT2D eigenvalue weighted by molar-refractivity contribution is 0.306. The van der Waals surface area contributed by atoms with E-state index in [1.54, 1.807) is 6.21 Å². The molecule has 1 aromatic heterocycles. The summed E-state index contributed by atoms with van der Waals surface area (Å²) >= 11 is 3.42. The molecule has 3 aromatic rings. The molecule has 0 bridgehead atoms. The van der Waals surface area contributed by atoms with Gasteiger partial charge < -0.3 is 4.74 Å². The number of benzene rings is 2. The molecule has 5 nitrogen and oxygen atoms in total. The third kappa shape index (κ3) is 4.02. The van der Waals surface area contributed by atoms with Crippen LogP contribution in [0.25, 0.3) is 0 Å². The monoisotopic (exact) mass is 356 g/mol. The molecule has 0 atom stereocenters. The Morgan fingerprint density at radius 3 is 2.36 bits per heavy atom. The fraction of sp³-hybridized carbons (Fsp3) is 0.0625. The summed E-state index contributed by atoms with van der Waals surface area (Å²) < 4.78 is 8.35. The zero-order chi connectivity index (χ0) is 15.2. The molecular formula is C16H13BrN4O. The average Bonchev–Trinajstić information content (AvgIpc) is 3.07. The van der Waals surface area contributed by atoms with Crippen molar-refractivity contribution < 1.29 is 4.74 Å². The summed E-state index contributed by atoms with van der Waals surface area (Å²) in [7, 11) is 0. The molecule has 22 heavy (non-hydrogen) atoms. The first-order valence-electron chi connectivity index (χ1n) is 6.66. The van der Waals surface area contributed by atoms with Crippen LogP contribution in [0.5, 0.6) is 5.75 Å². The molecule has 3 rings (SSSR count). The lowest BCUT2D eigenvalue weighted by atomic mass is 10.2. The van der Waals surface area contributed by atoms with Crippen molar-refractivity contribution >= 4 is 22.1 Å². The maximum atomic E-state index is 5.75. The summed E-state index contributed by atoms with van der Waals surface area (Å²) in [5.41, 5.74) is 2.10. The second-order valence-electron chi connectivity index (χ2n) is 4.57. The van der Waals surface area contributed by atoms with Gasteiger partial charge in [0, 0.05) is 4.47 Å². The lowest BCUT2D eigenvalue weighted by Gasteiger charge is -2.06. The van der Waals surface area contributed by atoms with Gasteiger partial charge in [-0.1, -0.05) is 28.1 Å². The molecule has 110 valence electrons. The van der Waals surface area contributed by atoms with Gasteiger partial charge >= 0.3 is 0 Å². The van der Waals surface area contributed by atoms with Crippen LogP contribution in [0.2, 0.25) is 0 Å². The van der Waals surface area contributed by atoms with Crippen molar-refractivity contribution in [3.63, 3.8) is 0 Å². The minimum absolute atomic E-state index is 0.543. The molecule has 0 aliphatic carbocycles. The van der Waals surface area contributed by atoms with Crippen LogP contribution in [0, 0.1) is 0 Å². The van der Waals surface area contributed by atoms with E-state index in [0.29, 0.717) is 6.61 Å². The van der Waals surface area contributed by atoms with E-state index < -0.39 is 0 Å². The predicted molar refractivity (Wildman–Crippen MR) is 87.9 cm³/mol. The molecular weight excluding hydrogens is 344 g/mol. The van der Waals surface area contributed by atoms with Gasteiger partial charge in [0.2, 0.25) is 0 Å². The van der Waals surface area contributed by atoms with E-state index in [0.717, 1.165) is 21.3 Å². The van der Waals surface area contributed by atoms with E-state index in [4.69, 9.17) is 4.74 Å². The zero-order valence-corrected chi connectivity index (χ0v) is 13.2. The minimum atomic E-state index is 0.543. The fourth-order valence-electron chi connectivity index (χ4n) is 1.79. The molecule has 2 aromatic carbocycles. The number of aromatic nitrogens is 3. The Labute approximate surface area is 136 Å². The summed E-state index contributed by atoms with van der Waals surface area (Å²) in [6, 6.07) is 15.8. The lowest BCUT2D eigenvalue weighted by Crippen LogP contribution is -1.95. The van der Waals surface area contributed by atoms with Gasteiger partial charge in [0.1, 0.15) is 25.0 Å². The highest BCUT2D eigenvalue weighted by Gasteiger charge is 1.97. The van der Waals surface area contributed by atoms with Gasteiger partial charge in [-0.25, -0.2) is 4.68 Å². The molecule has 0 saturated heterocycles. The van der Waals surface area contributed by atoms with E-state index in [9.17, 15) is 0 Å². The van der Waals surface area contributed by atoms with Crippen LogP contribution >= 0.6 is 15.9 Å². The highest BCUT2D eigenvalue weighted by Crippen LogP contribution is 2.15. The van der Waals surface area contributed by atoms with Gasteiger partial charge in [0.25, 0.3) is 0 Å². The second-order valence-corrected chi connectivity index (χ2v) is 5.49. The molecule has 0 amide bonds. The first kappa shape index (κ1) is 14.5. The SMILES string of the molecule is Brc1ccc(COc2ccc(/C=N/n3cnnc3)cc2)cc1. The number of hydrogen-bond acceptors (Lipinski definition) is 4. The number of halogens is 1. The van der Waals surface area contributed by atoms with Crippen molar-refractivity contribution in [1.29, 1.82) is 0 Å². The molecule has 0 fully saturated rings. The molecule has 0 aliphatic heterocycles. The second kappa shape index (κ2) is 7.00. The third-order valence-corrected chi connectivity index (χ3v) is 3.47. The summed E-state index contributed by atoms with van der Waals surface area (Å²) in [5.74, 6) is 0.823. The normalized spacial score (nSPS) is 11.0. The topological polar surface area (TPSA) is 52.3 Å². The van der Waals surface area contributed by atoms with Crippen molar-refractivity contribution in [2.24, 2.45) is 5.10 Å². The van der Waals surface area contributed by atoms with Crippen molar-refractivity contribution in [3.05, 3.63) is 76.8 Å². The van der Waals surface area contributed by atoms with Gasteiger partial charge in [-0.2, -0.15) is 5.10 Å². The van der Waals surface area contributed by atoms with Crippen LogP contribution < -0.4 is 4.74 Å². The minimum Gasteiger partial charge on any atom is -0.489 e. The van der Waals surface area contributed by atoms with Crippen LogP contribution in [0.3, 0.4) is 0 Å². The standard InChI is InChI=1S/C16H13BrN4O/c17-15-5-1-14(2-6-15)10-22-16-7-3-13(4-8-16)9-20-21-11-18-19-12-21/h1-9,11-12H,10H2/b20-9+. The number of ether oxygens (including phenoxy) is 1. The number of nitrogens with zero attached hydrogens (tertiary/aromatic N) is 4. The Hall–Kier alpha value is -2.47. The van der Waals surface area contributed by atoms with Crippen LogP contribution in [-0.4, -0.2) is 21.1 Å². The largest absolute Gasteiger partial charge is 0.489 e. The molecule has 0 N–H and O–H groups in total. The van der Waals surface area contributed by atoms with Crippen LogP contribution in [-0.2, 0) is 6.61 Å². The van der Waals surface area contributed by atoms with Crippen LogP contribution in [0.15, 0.2) is 70.8 Å². The Morgan fingerprint density at radius 2 is 1.68 bits per heavy atom. The quantitative estimate of drug-likeness (QED) is 0.657. The summed E-state index contributed by atoms with van der Waals surface area (Å²) in [4.78, 5) is 0. The maximum absolute atomic E-state index is 5.75. The third-order valence-electron chi connectivity index (χ3n) is 2.95. The van der Waals surface area contributed by atoms with E-state index >= 15 is 0 Å². The average molecular weight is 357 g/mol.